The van der Waals surface area contributed by atoms with E-state index in [1.807, 2.05) is 22.1 Å². The molecule has 100 valence electrons. The summed E-state index contributed by atoms with van der Waals surface area (Å²) in [4.78, 5) is 12.6. The van der Waals surface area contributed by atoms with Gasteiger partial charge in [0.15, 0.2) is 11.0 Å². The third kappa shape index (κ3) is 2.40. The van der Waals surface area contributed by atoms with Gasteiger partial charge in [-0.3, -0.25) is 4.79 Å². The molecule has 2 aromatic heterocycles. The number of thioether (sulfide) groups is 1. The van der Waals surface area contributed by atoms with Crippen LogP contribution in [0.2, 0.25) is 0 Å². The van der Waals surface area contributed by atoms with Crippen LogP contribution in [0.5, 0.6) is 0 Å². The fourth-order valence-electron chi connectivity index (χ4n) is 1.96. The van der Waals surface area contributed by atoms with Crippen LogP contribution in [0.4, 0.5) is 0 Å². The van der Waals surface area contributed by atoms with E-state index >= 15 is 0 Å². The molecule has 2 aromatic rings. The van der Waals surface area contributed by atoms with Crippen molar-refractivity contribution in [2.24, 2.45) is 0 Å². The lowest BCUT2D eigenvalue weighted by Gasteiger charge is -2.07. The molecule has 1 saturated heterocycles. The van der Waals surface area contributed by atoms with Crippen LogP contribution in [0, 0.1) is 0 Å². The van der Waals surface area contributed by atoms with Gasteiger partial charge in [0, 0.05) is 13.0 Å². The number of cyclic esters (lactones) is 1. The maximum atomic E-state index is 11.5. The van der Waals surface area contributed by atoms with Crippen LogP contribution < -0.4 is 0 Å². The second-order valence-electron chi connectivity index (χ2n) is 4.09. The van der Waals surface area contributed by atoms with E-state index in [0.717, 1.165) is 28.8 Å². The van der Waals surface area contributed by atoms with Crippen molar-refractivity contribution in [2.75, 3.05) is 6.61 Å². The summed E-state index contributed by atoms with van der Waals surface area (Å²) in [5, 5.41) is 11.1. The first kappa shape index (κ1) is 12.7. The fraction of sp³-hybridized carbons (Fsp3) is 0.417. The monoisotopic (exact) mass is 295 g/mol. The van der Waals surface area contributed by atoms with Crippen LogP contribution in [0.25, 0.3) is 10.7 Å². The van der Waals surface area contributed by atoms with Gasteiger partial charge in [0.2, 0.25) is 0 Å². The molecule has 0 radical (unpaired) electrons. The Hall–Kier alpha value is -1.34. The lowest BCUT2D eigenvalue weighted by molar-refractivity contribution is -0.137. The Kier molecular flexibility index (Phi) is 3.56. The normalized spacial score (nSPS) is 18.8. The molecule has 1 unspecified atom stereocenters. The van der Waals surface area contributed by atoms with Crippen molar-refractivity contribution < 1.29 is 9.53 Å². The number of ether oxygens (including phenoxy) is 1. The van der Waals surface area contributed by atoms with E-state index in [9.17, 15) is 4.79 Å². The molecule has 1 fully saturated rings. The van der Waals surface area contributed by atoms with E-state index in [1.165, 1.54) is 11.8 Å². The molecule has 0 spiro atoms. The predicted molar refractivity (Wildman–Crippen MR) is 74.2 cm³/mol. The number of nitrogens with zero attached hydrogens (tertiary/aromatic N) is 3. The predicted octanol–water partition coefficient (Wildman–Crippen LogP) is 2.43. The second kappa shape index (κ2) is 5.34. The van der Waals surface area contributed by atoms with Gasteiger partial charge in [-0.1, -0.05) is 17.8 Å². The summed E-state index contributed by atoms with van der Waals surface area (Å²) >= 11 is 3.09. The fourth-order valence-corrected chi connectivity index (χ4v) is 3.74. The molecule has 0 aliphatic carbocycles. The van der Waals surface area contributed by atoms with E-state index in [4.69, 9.17) is 4.74 Å². The molecule has 0 bridgehead atoms. The second-order valence-corrected chi connectivity index (χ2v) is 6.21. The molecule has 1 aliphatic rings. The molecule has 0 amide bonds. The van der Waals surface area contributed by atoms with Crippen molar-refractivity contribution in [1.29, 1.82) is 0 Å². The smallest absolute Gasteiger partial charge is 0.319 e. The van der Waals surface area contributed by atoms with Crippen molar-refractivity contribution in [1.82, 2.24) is 14.8 Å². The Morgan fingerprint density at radius 1 is 1.58 bits per heavy atom. The summed E-state index contributed by atoms with van der Waals surface area (Å²) in [5.74, 6) is 0.722. The molecule has 19 heavy (non-hydrogen) atoms. The topological polar surface area (TPSA) is 57.0 Å². The van der Waals surface area contributed by atoms with Crippen LogP contribution in [0.1, 0.15) is 13.3 Å². The number of rotatable bonds is 4. The van der Waals surface area contributed by atoms with E-state index in [1.54, 1.807) is 11.3 Å². The quantitative estimate of drug-likeness (QED) is 0.811. The van der Waals surface area contributed by atoms with Gasteiger partial charge >= 0.3 is 5.97 Å². The lowest BCUT2D eigenvalue weighted by Crippen LogP contribution is -2.11. The Morgan fingerprint density at radius 3 is 3.11 bits per heavy atom. The highest BCUT2D eigenvalue weighted by atomic mass is 32.2. The van der Waals surface area contributed by atoms with Gasteiger partial charge in [-0.15, -0.1) is 21.5 Å². The summed E-state index contributed by atoms with van der Waals surface area (Å²) in [7, 11) is 0. The number of aromatic nitrogens is 3. The van der Waals surface area contributed by atoms with Crippen molar-refractivity contribution in [3.8, 4) is 10.7 Å². The van der Waals surface area contributed by atoms with Gasteiger partial charge in [-0.25, -0.2) is 0 Å². The first-order valence-corrected chi connectivity index (χ1v) is 7.86. The number of carbonyl (C=O) groups excluding carboxylic acids is 1. The van der Waals surface area contributed by atoms with E-state index in [2.05, 4.69) is 17.1 Å². The highest BCUT2D eigenvalue weighted by Gasteiger charge is 2.29. The SMILES string of the molecule is CCn1c(SC2CCOC2=O)nnc1-c1cccs1. The molecule has 3 heterocycles. The Bertz CT molecular complexity index is 580. The molecule has 0 saturated carbocycles. The summed E-state index contributed by atoms with van der Waals surface area (Å²) in [6, 6.07) is 4.02. The van der Waals surface area contributed by atoms with Gasteiger partial charge in [0.05, 0.1) is 11.5 Å². The van der Waals surface area contributed by atoms with Crippen molar-refractivity contribution in [3.63, 3.8) is 0 Å². The number of esters is 1. The highest BCUT2D eigenvalue weighted by Crippen LogP contribution is 2.32. The zero-order valence-electron chi connectivity index (χ0n) is 10.4. The van der Waals surface area contributed by atoms with Crippen molar-refractivity contribution >= 4 is 29.1 Å². The maximum absolute atomic E-state index is 11.5. The lowest BCUT2D eigenvalue weighted by atomic mass is 10.4. The summed E-state index contributed by atoms with van der Waals surface area (Å²) in [6.45, 7) is 3.34. The molecule has 7 heteroatoms. The average molecular weight is 295 g/mol. The standard InChI is InChI=1S/C12H13N3O2S2/c1-2-15-10(8-4-3-7-18-8)13-14-12(15)19-9-5-6-17-11(9)16/h3-4,7,9H,2,5-6H2,1H3. The van der Waals surface area contributed by atoms with Crippen LogP contribution in [-0.2, 0) is 16.1 Å². The van der Waals surface area contributed by atoms with Crippen LogP contribution in [0.3, 0.4) is 0 Å². The van der Waals surface area contributed by atoms with Gasteiger partial charge in [0.1, 0.15) is 5.25 Å². The summed E-state index contributed by atoms with van der Waals surface area (Å²) in [5.41, 5.74) is 0. The van der Waals surface area contributed by atoms with Crippen molar-refractivity contribution in [3.05, 3.63) is 17.5 Å². The largest absolute Gasteiger partial charge is 0.465 e. The molecule has 0 aromatic carbocycles. The number of thiophene rings is 1. The van der Waals surface area contributed by atoms with Gasteiger partial charge in [-0.05, 0) is 18.4 Å². The van der Waals surface area contributed by atoms with E-state index < -0.39 is 0 Å². The number of hydrogen-bond acceptors (Lipinski definition) is 6. The first-order chi connectivity index (χ1) is 9.29. The van der Waals surface area contributed by atoms with Gasteiger partial charge in [-0.2, -0.15) is 0 Å². The molecule has 1 atom stereocenters. The number of carbonyl (C=O) groups is 1. The van der Waals surface area contributed by atoms with Crippen LogP contribution in [0.15, 0.2) is 22.7 Å². The summed E-state index contributed by atoms with van der Waals surface area (Å²) < 4.78 is 7.02. The Morgan fingerprint density at radius 2 is 2.47 bits per heavy atom. The summed E-state index contributed by atoms with van der Waals surface area (Å²) in [6.07, 6.45) is 0.744. The Balaban J connectivity index is 1.88. The molecular weight excluding hydrogens is 282 g/mol. The minimum atomic E-state index is -0.148. The molecule has 1 aliphatic heterocycles. The van der Waals surface area contributed by atoms with E-state index in [0.29, 0.717) is 6.61 Å². The molecular formula is C12H13N3O2S2. The molecule has 3 rings (SSSR count). The van der Waals surface area contributed by atoms with Crippen LogP contribution >= 0.6 is 23.1 Å². The van der Waals surface area contributed by atoms with Crippen molar-refractivity contribution in [2.45, 2.75) is 30.3 Å². The van der Waals surface area contributed by atoms with Crippen LogP contribution in [-0.4, -0.2) is 32.6 Å². The highest BCUT2D eigenvalue weighted by molar-refractivity contribution is 8.00. The van der Waals surface area contributed by atoms with E-state index in [-0.39, 0.29) is 11.2 Å². The Labute approximate surface area is 119 Å². The third-order valence-corrected chi connectivity index (χ3v) is 5.00. The number of hydrogen-bond donors (Lipinski definition) is 0. The first-order valence-electron chi connectivity index (χ1n) is 6.10. The minimum Gasteiger partial charge on any atom is -0.465 e. The van der Waals surface area contributed by atoms with Gasteiger partial charge < -0.3 is 9.30 Å². The zero-order chi connectivity index (χ0) is 13.2. The zero-order valence-corrected chi connectivity index (χ0v) is 12.0. The third-order valence-electron chi connectivity index (χ3n) is 2.91. The molecule has 0 N–H and O–H groups in total. The van der Waals surface area contributed by atoms with Gasteiger partial charge in [0.25, 0.3) is 0 Å². The average Bonchev–Trinajstić information content (AvgIpc) is 3.11. The molecule has 5 nitrogen and oxygen atoms in total. The minimum absolute atomic E-state index is 0.145. The maximum Gasteiger partial charge on any atom is 0.319 e.